The number of methoxy groups -OCH3 is 2. The van der Waals surface area contributed by atoms with E-state index in [1.54, 1.807) is 18.8 Å². The Morgan fingerprint density at radius 1 is 0.831 bits per heavy atom. The van der Waals surface area contributed by atoms with Gasteiger partial charge in [-0.2, -0.15) is 10.2 Å². The molecule has 0 bridgehead atoms. The smallest absolute Gasteiger partial charge is 0.280 e. The molecule has 0 aliphatic carbocycles. The zero-order valence-corrected chi connectivity index (χ0v) is 48.8. The SMILES string of the molecule is COc1ccc(C(OC[C@H]2O[C@@H](n3cnc4c(=O)[nH]c(NC(=O)COc5ccc(C(C)(C)C)cc5)nc43)[C@H](O[Si](C)(C)C(C)(C)C)[C@@H]2OP(OCCC#N)N(C(C)C)C(C)C)(c2ccccc2)c2ccc(OC)cc2)cc1. The lowest BCUT2D eigenvalue weighted by Gasteiger charge is -2.42. The first-order chi connectivity index (χ1) is 36.5. The molecule has 6 aromatic rings. The Morgan fingerprint density at radius 3 is 1.92 bits per heavy atom. The highest BCUT2D eigenvalue weighted by Gasteiger charge is 2.54. The van der Waals surface area contributed by atoms with E-state index in [0.29, 0.717) is 17.2 Å². The Morgan fingerprint density at radius 2 is 1.39 bits per heavy atom. The number of anilines is 1. The Kier molecular flexibility index (Phi) is 18.9. The van der Waals surface area contributed by atoms with Crippen LogP contribution in [0.5, 0.6) is 17.2 Å². The van der Waals surface area contributed by atoms with E-state index in [0.717, 1.165) is 22.3 Å². The molecule has 3 heterocycles. The molecular weight excluding hydrogens is 1010 g/mol. The van der Waals surface area contributed by atoms with Crippen LogP contribution in [0.25, 0.3) is 11.2 Å². The number of aromatic amines is 1. The number of nitriles is 1. The molecule has 0 spiro atoms. The lowest BCUT2D eigenvalue weighted by molar-refractivity contribution is -0.118. The normalized spacial score (nSPS) is 17.7. The molecule has 1 amide bonds. The van der Waals surface area contributed by atoms with Crippen LogP contribution in [0.1, 0.15) is 104 Å². The van der Waals surface area contributed by atoms with Crippen molar-refractivity contribution in [1.82, 2.24) is 24.2 Å². The lowest BCUT2D eigenvalue weighted by atomic mass is 9.80. The highest BCUT2D eigenvalue weighted by molar-refractivity contribution is 7.44. The summed E-state index contributed by atoms with van der Waals surface area (Å²) in [5.74, 6) is 1.21. The fourth-order valence-electron chi connectivity index (χ4n) is 9.06. The third-order valence-corrected chi connectivity index (χ3v) is 20.7. The van der Waals surface area contributed by atoms with Gasteiger partial charge >= 0.3 is 0 Å². The monoisotopic (exact) mass is 1090 g/mol. The molecule has 1 fully saturated rings. The van der Waals surface area contributed by atoms with E-state index in [-0.39, 0.29) is 65.9 Å². The number of imidazole rings is 1. The van der Waals surface area contributed by atoms with Crippen LogP contribution in [0, 0.1) is 11.3 Å². The van der Waals surface area contributed by atoms with Crippen LogP contribution in [0.4, 0.5) is 5.95 Å². The van der Waals surface area contributed by atoms with Crippen molar-refractivity contribution in [3.05, 3.63) is 142 Å². The quantitative estimate of drug-likeness (QED) is 0.0266. The van der Waals surface area contributed by atoms with Gasteiger partial charge in [0.2, 0.25) is 5.95 Å². The minimum Gasteiger partial charge on any atom is -0.497 e. The fourth-order valence-corrected chi connectivity index (χ4v) is 12.1. The van der Waals surface area contributed by atoms with Crippen molar-refractivity contribution in [2.45, 2.75) is 141 Å². The van der Waals surface area contributed by atoms with E-state index >= 15 is 0 Å². The topological polar surface area (TPSA) is 194 Å². The van der Waals surface area contributed by atoms with Crippen LogP contribution in [-0.4, -0.2) is 103 Å². The predicted octanol–water partition coefficient (Wildman–Crippen LogP) is 11.4. The maximum atomic E-state index is 13.9. The Balaban J connectivity index is 1.36. The summed E-state index contributed by atoms with van der Waals surface area (Å²) in [6.07, 6.45) is -2.07. The third-order valence-electron chi connectivity index (χ3n) is 14.1. The molecule has 1 saturated heterocycles. The fraction of sp³-hybridized carbons (Fsp3) is 0.466. The molecule has 2 N–H and O–H groups in total. The number of fused-ring (bicyclic) bond motifs is 1. The van der Waals surface area contributed by atoms with Crippen molar-refractivity contribution in [2.75, 3.05) is 39.4 Å². The van der Waals surface area contributed by atoms with E-state index < -0.39 is 58.5 Å². The Labute approximate surface area is 455 Å². The highest BCUT2D eigenvalue weighted by atomic mass is 31.2. The summed E-state index contributed by atoms with van der Waals surface area (Å²) >= 11 is 0. The van der Waals surface area contributed by atoms with Crippen molar-refractivity contribution in [3.8, 4) is 23.3 Å². The zero-order valence-electron chi connectivity index (χ0n) is 47.0. The summed E-state index contributed by atoms with van der Waals surface area (Å²) in [4.78, 5) is 39.4. The van der Waals surface area contributed by atoms with E-state index in [9.17, 15) is 14.9 Å². The summed E-state index contributed by atoms with van der Waals surface area (Å²) in [5.41, 5.74) is 1.85. The van der Waals surface area contributed by atoms with Crippen molar-refractivity contribution in [3.63, 3.8) is 0 Å². The predicted molar refractivity (Wildman–Crippen MR) is 302 cm³/mol. The first kappa shape index (κ1) is 58.7. The van der Waals surface area contributed by atoms with Gasteiger partial charge in [0.1, 0.15) is 41.2 Å². The second-order valence-electron chi connectivity index (χ2n) is 22.2. The summed E-state index contributed by atoms with van der Waals surface area (Å²) in [7, 11) is -1.38. The van der Waals surface area contributed by atoms with E-state index in [1.807, 2.05) is 103 Å². The second kappa shape index (κ2) is 24.8. The molecule has 77 heavy (non-hydrogen) atoms. The summed E-state index contributed by atoms with van der Waals surface area (Å²) in [6, 6.07) is 35.3. The molecule has 5 atom stereocenters. The van der Waals surface area contributed by atoms with Crippen molar-refractivity contribution < 1.29 is 42.0 Å². The van der Waals surface area contributed by atoms with Gasteiger partial charge in [-0.25, -0.2) is 9.65 Å². The number of amides is 1. The molecule has 1 aliphatic rings. The maximum Gasteiger partial charge on any atom is 0.280 e. The molecule has 1 aliphatic heterocycles. The first-order valence-electron chi connectivity index (χ1n) is 26.1. The number of ether oxygens (including phenoxy) is 5. The number of hydrogen-bond donors (Lipinski definition) is 2. The van der Waals surface area contributed by atoms with Gasteiger partial charge in [0, 0.05) is 12.1 Å². The number of H-pyrrole nitrogens is 1. The van der Waals surface area contributed by atoms with E-state index in [4.69, 9.17) is 42.1 Å². The van der Waals surface area contributed by atoms with Gasteiger partial charge in [0.25, 0.3) is 20.0 Å². The zero-order chi connectivity index (χ0) is 55.9. The van der Waals surface area contributed by atoms with Crippen LogP contribution in [0.2, 0.25) is 18.1 Å². The van der Waals surface area contributed by atoms with Gasteiger partial charge in [-0.3, -0.25) is 24.5 Å². The molecule has 17 nitrogen and oxygen atoms in total. The van der Waals surface area contributed by atoms with Crippen LogP contribution < -0.4 is 25.1 Å². The van der Waals surface area contributed by atoms with Crippen LogP contribution in [0.3, 0.4) is 0 Å². The summed E-state index contributed by atoms with van der Waals surface area (Å²) in [6.45, 7) is 25.2. The van der Waals surface area contributed by atoms with Crippen LogP contribution in [-0.2, 0) is 38.8 Å². The number of carbonyl (C=O) groups excluding carboxylic acids is 1. The van der Waals surface area contributed by atoms with Crippen molar-refractivity contribution in [1.29, 1.82) is 5.26 Å². The third kappa shape index (κ3) is 13.5. The van der Waals surface area contributed by atoms with Gasteiger partial charge in [0.05, 0.1) is 46.3 Å². The van der Waals surface area contributed by atoms with E-state index in [1.165, 1.54) is 6.33 Å². The van der Waals surface area contributed by atoms with Crippen LogP contribution >= 0.6 is 8.53 Å². The van der Waals surface area contributed by atoms with Gasteiger partial charge in [-0.1, -0.05) is 108 Å². The molecule has 412 valence electrons. The van der Waals surface area contributed by atoms with Crippen LogP contribution in [0.15, 0.2) is 114 Å². The molecule has 7 rings (SSSR count). The Bertz CT molecular complexity index is 2930. The average molecular weight is 1090 g/mol. The van der Waals surface area contributed by atoms with Gasteiger partial charge < -0.3 is 37.2 Å². The maximum absolute atomic E-state index is 13.9. The average Bonchev–Trinajstić information content (AvgIpc) is 4.02. The number of hydrogen-bond acceptors (Lipinski definition) is 14. The minimum atomic E-state index is -2.75. The number of rotatable bonds is 23. The molecule has 2 aromatic heterocycles. The molecule has 4 aromatic carbocycles. The van der Waals surface area contributed by atoms with Crippen molar-refractivity contribution in [2.24, 2.45) is 0 Å². The van der Waals surface area contributed by atoms with E-state index in [2.05, 4.69) is 108 Å². The standard InChI is InChI=1S/C58H76N7O10PSi/c1-38(2)65(39(3)4)76(72-34-18-33-59)74-50-47(35-71-58(41-19-16-15-17-20-41,42-23-27-44(68-11)28-24-42)43-25-29-45(69-12)30-26-43)73-54(51(50)75-77(13,14)57(8,9)10)64-37-60-49-52(64)62-55(63-53(49)67)61-48(66)36-70-46-31-21-40(22-32-46)56(5,6)7/h15-17,19-32,37-39,47,50-51,54H,18,34-36H2,1-14H3,(H2,61,62,63,66,67)/t47-,50-,51-,54-,76?/m1/s1. The van der Waals surface area contributed by atoms with Gasteiger partial charge in [-0.05, 0) is 110 Å². The molecule has 0 saturated carbocycles. The number of nitrogens with zero attached hydrogens (tertiary/aromatic N) is 5. The number of benzene rings is 4. The first-order valence-corrected chi connectivity index (χ1v) is 30.1. The molecule has 0 radical (unpaired) electrons. The molecule has 1 unspecified atom stereocenters. The highest BCUT2D eigenvalue weighted by Crippen LogP contribution is 2.53. The van der Waals surface area contributed by atoms with Gasteiger partial charge in [-0.15, -0.1) is 0 Å². The largest absolute Gasteiger partial charge is 0.497 e. The minimum absolute atomic E-state index is 0.0139. The lowest BCUT2D eigenvalue weighted by Crippen LogP contribution is -2.50. The number of aromatic nitrogens is 4. The van der Waals surface area contributed by atoms with Gasteiger partial charge in [0.15, 0.2) is 32.3 Å². The second-order valence-corrected chi connectivity index (χ2v) is 28.4. The Hall–Kier alpha value is -6.00. The number of carbonyl (C=O) groups is 1. The molecular formula is C58H76N7O10PSi. The molecule has 19 heteroatoms. The summed E-state index contributed by atoms with van der Waals surface area (Å²) in [5, 5.41) is 12.1. The summed E-state index contributed by atoms with van der Waals surface area (Å²) < 4.78 is 57.4. The van der Waals surface area contributed by atoms with Crippen molar-refractivity contribution >= 4 is 39.9 Å². The number of nitrogens with one attached hydrogen (secondary N) is 2.